The Labute approximate surface area is 444 Å². The van der Waals surface area contributed by atoms with Crippen molar-refractivity contribution in [3.05, 3.63) is 97.3 Å². The summed E-state index contributed by atoms with van der Waals surface area (Å²) < 4.78 is 23.4. The van der Waals surface area contributed by atoms with Crippen molar-refractivity contribution in [2.45, 2.75) is 34.6 Å². The molecule has 16 nitrogen and oxygen atoms in total. The van der Waals surface area contributed by atoms with E-state index in [9.17, 15) is 24.6 Å². The molecule has 19 heteroatoms. The van der Waals surface area contributed by atoms with E-state index in [0.29, 0.717) is 30.1 Å². The normalized spacial score (nSPS) is 9.25. The van der Waals surface area contributed by atoms with E-state index in [1.54, 1.807) is 19.1 Å². The van der Waals surface area contributed by atoms with Gasteiger partial charge in [0, 0.05) is 48.6 Å². The zero-order chi connectivity index (χ0) is 41.5. The number of nitrogens with zero attached hydrogens (tertiary/aromatic N) is 5. The number of ether oxygens (including phenoxy) is 2. The number of nitrogens with two attached hydrogens (primary N) is 1. The molecule has 0 aromatic heterocycles. The number of benzene rings is 3. The van der Waals surface area contributed by atoms with Gasteiger partial charge in [-0.05, 0) is 111 Å². The first kappa shape index (κ1) is 63.3. The van der Waals surface area contributed by atoms with Crippen LogP contribution in [0, 0.1) is 46.8 Å². The largest absolute Gasteiger partial charge is 1.00 e. The topological polar surface area (TPSA) is 210 Å². The van der Waals surface area contributed by atoms with Gasteiger partial charge in [0.15, 0.2) is 0 Å². The number of carbonyl (C=O) groups is 1. The van der Waals surface area contributed by atoms with E-state index in [1.807, 2.05) is 91.1 Å². The average molecular weight is 1020 g/mol. The molecule has 3 aromatic rings. The maximum absolute atomic E-state index is 12.4. The molecule has 55 heavy (non-hydrogen) atoms. The second-order valence-electron chi connectivity index (χ2n) is 11.4. The van der Waals surface area contributed by atoms with Crippen molar-refractivity contribution in [1.29, 1.82) is 0 Å². The van der Waals surface area contributed by atoms with Crippen LogP contribution in [0.4, 0.5) is 21.5 Å². The maximum Gasteiger partial charge on any atom is 1.00 e. The number of nitro benzene ring substituents is 2. The molecule has 0 aliphatic rings. The molecule has 3 aromatic carbocycles. The number of carbonyl (C=O) groups excluding carboxylic acids is 1. The van der Waals surface area contributed by atoms with Crippen LogP contribution in [0.3, 0.4) is 0 Å². The Morgan fingerprint density at radius 1 is 0.727 bits per heavy atom. The second-order valence-corrected chi connectivity index (χ2v) is 11.4. The fraction of sp³-hybridized carbons (Fsp3) is 0.472. The van der Waals surface area contributed by atoms with Gasteiger partial charge < -0.3 is 46.6 Å². The number of hydrogen-bond acceptors (Lipinski definition) is 14. The second kappa shape index (κ2) is 40.0. The van der Waals surface area contributed by atoms with E-state index in [-0.39, 0.29) is 169 Å². The Balaban J connectivity index is -0.000000144. The Hall–Kier alpha value is -0.836. The van der Waals surface area contributed by atoms with Crippen LogP contribution in [-0.2, 0) is 9.68 Å². The molecule has 0 atom stereocenters. The summed E-state index contributed by atoms with van der Waals surface area (Å²) in [7, 11) is 11.8. The van der Waals surface area contributed by atoms with Crippen molar-refractivity contribution in [2.24, 2.45) is 0 Å². The number of aryl methyl sites for hydroxylation is 3. The third-order valence-electron chi connectivity index (χ3n) is 6.16. The SMILES string of the molecule is CC.CN(C)CCO.Cc1cc(F)ccc1[N+](=O)[O-].Cc1cc(OCCN(C)C)ccc1N.Cc1cc(OCCN(C)C)ccc1[N+](=O)[O-].O=CO[O-].[Cs+].[Cs+].[H-]. The van der Waals surface area contributed by atoms with Crippen molar-refractivity contribution >= 4 is 23.5 Å². The van der Waals surface area contributed by atoms with Crippen LogP contribution in [0.2, 0.25) is 0 Å². The number of rotatable bonds is 13. The molecule has 0 saturated heterocycles. The molecule has 0 amide bonds. The zero-order valence-corrected chi connectivity index (χ0v) is 47.4. The maximum atomic E-state index is 12.4. The first-order valence-electron chi connectivity index (χ1n) is 16.4. The van der Waals surface area contributed by atoms with Gasteiger partial charge in [0.1, 0.15) is 30.5 Å². The van der Waals surface area contributed by atoms with Crippen molar-refractivity contribution < 1.29 is 183 Å². The summed E-state index contributed by atoms with van der Waals surface area (Å²) in [5, 5.41) is 37.4. The molecule has 0 radical (unpaired) electrons. The third kappa shape index (κ3) is 36.0. The minimum absolute atomic E-state index is 0. The average Bonchev–Trinajstić information content (AvgIpc) is 3.07. The van der Waals surface area contributed by atoms with Gasteiger partial charge >= 0.3 is 138 Å². The fourth-order valence-corrected chi connectivity index (χ4v) is 3.38. The predicted octanol–water partition coefficient (Wildman–Crippen LogP) is -1.47. The quantitative estimate of drug-likeness (QED) is 0.0659. The van der Waals surface area contributed by atoms with E-state index in [0.717, 1.165) is 54.8 Å². The number of halogens is 1. The van der Waals surface area contributed by atoms with Gasteiger partial charge in [-0.25, -0.2) is 4.39 Å². The van der Waals surface area contributed by atoms with Gasteiger partial charge in [-0.3, -0.25) is 25.0 Å². The summed E-state index contributed by atoms with van der Waals surface area (Å²) in [6, 6.07) is 13.9. The van der Waals surface area contributed by atoms with E-state index >= 15 is 0 Å². The number of aliphatic hydroxyl groups excluding tert-OH is 1. The molecule has 0 aliphatic carbocycles. The molecule has 0 spiro atoms. The molecule has 0 heterocycles. The molecular weight excluding hydrogens is 961 g/mol. The minimum atomic E-state index is -0.533. The van der Waals surface area contributed by atoms with Crippen LogP contribution in [0.15, 0.2) is 54.6 Å². The Morgan fingerprint density at radius 2 is 1.09 bits per heavy atom. The molecule has 3 N–H and O–H groups in total. The van der Waals surface area contributed by atoms with Gasteiger partial charge in [0.25, 0.3) is 17.8 Å². The molecule has 0 fully saturated rings. The smallest absolute Gasteiger partial charge is 1.00 e. The first-order chi connectivity index (χ1) is 24.9. The van der Waals surface area contributed by atoms with E-state index in [1.165, 1.54) is 13.0 Å². The summed E-state index contributed by atoms with van der Waals surface area (Å²) in [5.74, 6) is 1.11. The van der Waals surface area contributed by atoms with E-state index in [4.69, 9.17) is 30.4 Å². The van der Waals surface area contributed by atoms with Crippen molar-refractivity contribution in [1.82, 2.24) is 14.7 Å². The monoisotopic (exact) mass is 1020 g/mol. The number of nitrogen functional groups attached to an aromatic ring is 1. The van der Waals surface area contributed by atoms with Crippen LogP contribution in [-0.4, -0.2) is 118 Å². The number of anilines is 1. The zero-order valence-electron chi connectivity index (χ0n) is 35.8. The molecule has 302 valence electrons. The summed E-state index contributed by atoms with van der Waals surface area (Å²) in [5.41, 5.74) is 8.61. The predicted molar refractivity (Wildman–Crippen MR) is 205 cm³/mol. The minimum Gasteiger partial charge on any atom is -1.00 e. The summed E-state index contributed by atoms with van der Waals surface area (Å²) in [6.45, 7) is 13.0. The van der Waals surface area contributed by atoms with Gasteiger partial charge in [-0.2, -0.15) is 0 Å². The van der Waals surface area contributed by atoms with Crippen LogP contribution in [0.25, 0.3) is 0 Å². The molecule has 0 saturated carbocycles. The summed E-state index contributed by atoms with van der Waals surface area (Å²) in [6.07, 6.45) is 0. The number of nitro groups is 2. The van der Waals surface area contributed by atoms with Crippen LogP contribution in [0.5, 0.6) is 11.5 Å². The first-order valence-corrected chi connectivity index (χ1v) is 16.4. The van der Waals surface area contributed by atoms with E-state index in [2.05, 4.69) is 9.79 Å². The Bertz CT molecular complexity index is 1470. The Kier molecular flexibility index (Phi) is 46.0. The number of hydrogen-bond donors (Lipinski definition) is 2. The molecular formula is C36H59Cs2FN6O10. The third-order valence-corrected chi connectivity index (χ3v) is 6.16. The van der Waals surface area contributed by atoms with Crippen LogP contribution < -0.4 is 158 Å². The van der Waals surface area contributed by atoms with Crippen molar-refractivity contribution in [2.75, 3.05) is 87.5 Å². The van der Waals surface area contributed by atoms with E-state index < -0.39 is 10.7 Å². The molecule has 0 unspecified atom stereocenters. The molecule has 3 rings (SSSR count). The molecule has 0 aliphatic heterocycles. The molecule has 0 bridgehead atoms. The van der Waals surface area contributed by atoms with Crippen molar-refractivity contribution in [3.63, 3.8) is 0 Å². The summed E-state index contributed by atoms with van der Waals surface area (Å²) >= 11 is 0. The van der Waals surface area contributed by atoms with Crippen LogP contribution in [0.1, 0.15) is 32.0 Å². The van der Waals surface area contributed by atoms with Crippen LogP contribution >= 0.6 is 0 Å². The van der Waals surface area contributed by atoms with Gasteiger partial charge in [0.05, 0.1) is 16.5 Å². The number of likely N-dealkylation sites (N-methyl/N-ethyl adjacent to an activating group) is 3. The fourth-order valence-electron chi connectivity index (χ4n) is 3.38. The summed E-state index contributed by atoms with van der Waals surface area (Å²) in [4.78, 5) is 37.2. The van der Waals surface area contributed by atoms with Gasteiger partial charge in [-0.15, -0.1) is 0 Å². The Morgan fingerprint density at radius 3 is 1.38 bits per heavy atom. The standard InChI is InChI=1S/C11H16N2O3.C11H18N2O.C7H6FNO2.C4H11NO.C2H6.CH2O3.2Cs.H/c1-9-8-10(16-7-6-12(2)3)4-5-11(9)13(14)15;1-9-8-10(4-5-11(9)12)14-7-6-13(2)3;1-5-4-6(8)2-3-7(5)9(10)11;1-5(2)3-4-6;1-2;2-1-4-3;;;/h4-5,8H,6-7H2,1-3H3;4-5,8H,6-7,12H2,1-3H3;2-4H,1H3;6H,3-4H2,1-2H3;1-2H3;1,3H;;;/q;;;;;;2*+1;-1/p-1. The van der Waals surface area contributed by atoms with Crippen molar-refractivity contribution in [3.8, 4) is 11.5 Å². The van der Waals surface area contributed by atoms with Gasteiger partial charge in [0.2, 0.25) is 0 Å². The number of aliphatic hydroxyl groups is 1. The van der Waals surface area contributed by atoms with Gasteiger partial charge in [-0.1, -0.05) is 13.8 Å².